The Morgan fingerprint density at radius 1 is 1.36 bits per heavy atom. The molecule has 1 amide bonds. The van der Waals surface area contributed by atoms with E-state index in [4.69, 9.17) is 27.9 Å². The summed E-state index contributed by atoms with van der Waals surface area (Å²) in [4.78, 5) is 13.8. The van der Waals surface area contributed by atoms with Gasteiger partial charge in [-0.15, -0.1) is 21.5 Å². The van der Waals surface area contributed by atoms with E-state index in [1.807, 2.05) is 14.0 Å². The molecule has 1 N–H and O–H groups in total. The molecule has 0 aliphatic heterocycles. The fourth-order valence-electron chi connectivity index (χ4n) is 3.68. The number of nitriles is 1. The minimum Gasteiger partial charge on any atom is -0.481 e. The zero-order valence-corrected chi connectivity index (χ0v) is 21.2. The van der Waals surface area contributed by atoms with Crippen LogP contribution in [0, 0.1) is 11.3 Å². The monoisotopic (exact) mass is 521 g/mol. The second-order valence-electron chi connectivity index (χ2n) is 7.60. The number of thiophene rings is 1. The summed E-state index contributed by atoms with van der Waals surface area (Å²) in [6, 6.07) is 7.29. The second kappa shape index (κ2) is 10.3. The molecule has 2 heterocycles. The van der Waals surface area contributed by atoms with Gasteiger partial charge in [0, 0.05) is 16.9 Å². The summed E-state index contributed by atoms with van der Waals surface area (Å²) in [6.07, 6.45) is 3.68. The van der Waals surface area contributed by atoms with E-state index in [9.17, 15) is 10.1 Å². The van der Waals surface area contributed by atoms with E-state index in [-0.39, 0.29) is 11.7 Å². The third-order valence-corrected chi connectivity index (χ3v) is 8.06. The molecule has 2 aromatic heterocycles. The molecule has 0 saturated carbocycles. The number of anilines is 1. The van der Waals surface area contributed by atoms with Gasteiger partial charge in [0.25, 0.3) is 0 Å². The summed E-state index contributed by atoms with van der Waals surface area (Å²) in [7, 11) is 1.82. The smallest absolute Gasteiger partial charge is 0.235 e. The lowest BCUT2D eigenvalue weighted by molar-refractivity contribution is -0.113. The Balaban J connectivity index is 1.38. The van der Waals surface area contributed by atoms with Crippen LogP contribution in [0.4, 0.5) is 5.00 Å². The highest BCUT2D eigenvalue weighted by Gasteiger charge is 2.23. The first-order chi connectivity index (χ1) is 15.9. The molecule has 0 bridgehead atoms. The van der Waals surface area contributed by atoms with Crippen LogP contribution < -0.4 is 10.1 Å². The highest BCUT2D eigenvalue weighted by molar-refractivity contribution is 7.99. The van der Waals surface area contributed by atoms with Gasteiger partial charge < -0.3 is 14.6 Å². The van der Waals surface area contributed by atoms with Crippen LogP contribution in [0.15, 0.2) is 23.4 Å². The van der Waals surface area contributed by atoms with Gasteiger partial charge in [0.1, 0.15) is 16.8 Å². The quantitative estimate of drug-likeness (QED) is 0.394. The lowest BCUT2D eigenvalue weighted by Gasteiger charge is -2.15. The molecule has 33 heavy (non-hydrogen) atoms. The Morgan fingerprint density at radius 3 is 2.91 bits per heavy atom. The SMILES string of the molecule is CC(Oc1ccc(Cl)cc1Cl)c1nnc(SCC(=O)Nc2sc3c(c2C#N)CCCC3)n1C. The van der Waals surface area contributed by atoms with Gasteiger partial charge in [0.15, 0.2) is 17.1 Å². The number of nitrogens with zero attached hydrogens (tertiary/aromatic N) is 4. The maximum atomic E-state index is 12.6. The van der Waals surface area contributed by atoms with Crippen LogP contribution in [0.5, 0.6) is 5.75 Å². The molecule has 11 heteroatoms. The first-order valence-electron chi connectivity index (χ1n) is 10.4. The Labute approximate surface area is 210 Å². The van der Waals surface area contributed by atoms with Crippen LogP contribution >= 0.6 is 46.3 Å². The third-order valence-electron chi connectivity index (χ3n) is 5.30. The summed E-state index contributed by atoms with van der Waals surface area (Å²) < 4.78 is 7.71. The van der Waals surface area contributed by atoms with Crippen molar-refractivity contribution < 1.29 is 9.53 Å². The highest BCUT2D eigenvalue weighted by Crippen LogP contribution is 2.38. The van der Waals surface area contributed by atoms with Gasteiger partial charge in [0.05, 0.1) is 16.3 Å². The molecule has 1 aliphatic rings. The van der Waals surface area contributed by atoms with E-state index in [2.05, 4.69) is 21.6 Å². The molecule has 1 aromatic carbocycles. The molecule has 0 fully saturated rings. The van der Waals surface area contributed by atoms with Crippen LogP contribution in [-0.2, 0) is 24.7 Å². The van der Waals surface area contributed by atoms with Crippen molar-refractivity contribution in [2.24, 2.45) is 7.05 Å². The number of carbonyl (C=O) groups is 1. The fourth-order valence-corrected chi connectivity index (χ4v) is 6.11. The number of aryl methyl sites for hydroxylation is 1. The van der Waals surface area contributed by atoms with Gasteiger partial charge in [-0.2, -0.15) is 5.26 Å². The Morgan fingerprint density at radius 2 is 2.15 bits per heavy atom. The molecule has 3 aromatic rings. The third kappa shape index (κ3) is 5.30. The number of aromatic nitrogens is 3. The van der Waals surface area contributed by atoms with Gasteiger partial charge >= 0.3 is 0 Å². The number of rotatable bonds is 7. The van der Waals surface area contributed by atoms with E-state index >= 15 is 0 Å². The first kappa shape index (κ1) is 23.9. The van der Waals surface area contributed by atoms with Crippen molar-refractivity contribution in [2.45, 2.75) is 43.9 Å². The van der Waals surface area contributed by atoms with Gasteiger partial charge in [-0.05, 0) is 56.4 Å². The second-order valence-corrected chi connectivity index (χ2v) is 10.5. The van der Waals surface area contributed by atoms with E-state index in [1.165, 1.54) is 28.0 Å². The van der Waals surface area contributed by atoms with E-state index in [1.54, 1.807) is 22.8 Å². The van der Waals surface area contributed by atoms with Crippen molar-refractivity contribution in [2.75, 3.05) is 11.1 Å². The molecule has 7 nitrogen and oxygen atoms in total. The highest BCUT2D eigenvalue weighted by atomic mass is 35.5. The van der Waals surface area contributed by atoms with Gasteiger partial charge in [-0.3, -0.25) is 4.79 Å². The molecule has 1 unspecified atom stereocenters. The summed E-state index contributed by atoms with van der Waals surface area (Å²) >= 11 is 14.9. The predicted octanol–water partition coefficient (Wildman–Crippen LogP) is 5.80. The van der Waals surface area contributed by atoms with Crippen LogP contribution in [-0.4, -0.2) is 26.4 Å². The molecule has 1 atom stereocenters. The molecule has 0 radical (unpaired) electrons. The van der Waals surface area contributed by atoms with Crippen molar-refractivity contribution in [1.82, 2.24) is 14.8 Å². The number of benzene rings is 1. The van der Waals surface area contributed by atoms with Crippen molar-refractivity contribution in [3.05, 3.63) is 50.1 Å². The van der Waals surface area contributed by atoms with E-state index < -0.39 is 6.10 Å². The topological polar surface area (TPSA) is 92.8 Å². The molecular formula is C22H21Cl2N5O2S2. The van der Waals surface area contributed by atoms with Crippen LogP contribution in [0.1, 0.15) is 47.7 Å². The largest absolute Gasteiger partial charge is 0.481 e. The number of halogens is 2. The molecule has 0 spiro atoms. The number of thioether (sulfide) groups is 1. The summed E-state index contributed by atoms with van der Waals surface area (Å²) in [6.45, 7) is 1.85. The van der Waals surface area contributed by atoms with Crippen LogP contribution in [0.25, 0.3) is 0 Å². The van der Waals surface area contributed by atoms with Crippen molar-refractivity contribution >= 4 is 57.2 Å². The summed E-state index contributed by atoms with van der Waals surface area (Å²) in [5.74, 6) is 1.06. The molecule has 1 aliphatic carbocycles. The standard InChI is InChI=1S/C22H21Cl2N5O2S2/c1-12(31-17-8-7-13(23)9-16(17)24)20-27-28-22(29(20)2)32-11-19(30)26-21-15(10-25)14-5-3-4-6-18(14)33-21/h7-9,12H,3-6,11H2,1-2H3,(H,26,30). The minimum atomic E-state index is -0.417. The molecule has 4 rings (SSSR count). The zero-order chi connectivity index (χ0) is 23.5. The Kier molecular flexibility index (Phi) is 7.49. The maximum absolute atomic E-state index is 12.6. The van der Waals surface area contributed by atoms with E-state index in [0.29, 0.717) is 37.3 Å². The number of carbonyl (C=O) groups excluding carboxylic acids is 1. The first-order valence-corrected chi connectivity index (χ1v) is 12.9. The number of hydrogen-bond donors (Lipinski definition) is 1. The Hall–Kier alpha value is -2.25. The number of fused-ring (bicyclic) bond motifs is 1. The van der Waals surface area contributed by atoms with Crippen molar-refractivity contribution in [1.29, 1.82) is 5.26 Å². The number of ether oxygens (including phenoxy) is 1. The molecule has 0 saturated heterocycles. The van der Waals surface area contributed by atoms with E-state index in [0.717, 1.165) is 31.2 Å². The number of hydrogen-bond acceptors (Lipinski definition) is 7. The Bertz CT molecular complexity index is 1230. The average Bonchev–Trinajstić information content (AvgIpc) is 3.33. The zero-order valence-electron chi connectivity index (χ0n) is 18.0. The number of nitrogens with one attached hydrogen (secondary N) is 1. The summed E-state index contributed by atoms with van der Waals surface area (Å²) in [5, 5.41) is 23.1. The maximum Gasteiger partial charge on any atom is 0.235 e. The van der Waals surface area contributed by atoms with Gasteiger partial charge in [0.2, 0.25) is 5.91 Å². The normalized spacial score (nSPS) is 13.8. The predicted molar refractivity (Wildman–Crippen MR) is 132 cm³/mol. The van der Waals surface area contributed by atoms with Crippen molar-refractivity contribution in [3.63, 3.8) is 0 Å². The van der Waals surface area contributed by atoms with Gasteiger partial charge in [-0.25, -0.2) is 0 Å². The molecule has 172 valence electrons. The summed E-state index contributed by atoms with van der Waals surface area (Å²) in [5.41, 5.74) is 1.71. The number of amides is 1. The van der Waals surface area contributed by atoms with Crippen molar-refractivity contribution in [3.8, 4) is 11.8 Å². The lowest BCUT2D eigenvalue weighted by Crippen LogP contribution is -2.15. The minimum absolute atomic E-state index is 0.150. The van der Waals surface area contributed by atoms with Crippen LogP contribution in [0.2, 0.25) is 10.0 Å². The average molecular weight is 522 g/mol. The molecular weight excluding hydrogens is 501 g/mol. The van der Waals surface area contributed by atoms with Gasteiger partial charge in [-0.1, -0.05) is 35.0 Å². The van der Waals surface area contributed by atoms with Crippen LogP contribution in [0.3, 0.4) is 0 Å². The fraction of sp³-hybridized carbons (Fsp3) is 0.364. The lowest BCUT2D eigenvalue weighted by atomic mass is 9.96.